The molecule has 0 radical (unpaired) electrons. The highest BCUT2D eigenvalue weighted by Gasteiger charge is 1.79. The predicted molar refractivity (Wildman–Crippen MR) is 28.1 cm³/mol. The average molecular weight is 187 g/mol. The Morgan fingerprint density at radius 2 is 2.20 bits per heavy atom. The average Bonchev–Trinajstić information content (AvgIpc) is 1.38. The van der Waals surface area contributed by atoms with Crippen LogP contribution in [0.1, 0.15) is 0 Å². The molecular formula is C2H4INO. The number of carbonyl (C=O) groups excluding carboxylic acids is 1. The number of halogens is 1. The van der Waals surface area contributed by atoms with Crippen LogP contribution in [0.3, 0.4) is 0 Å². The van der Waals surface area contributed by atoms with Gasteiger partial charge in [0.2, 0.25) is 5.91 Å². The van der Waals surface area contributed by atoms with Gasteiger partial charge in [0.05, 0.1) is 4.43 Å². The Labute approximate surface area is 43.9 Å². The van der Waals surface area contributed by atoms with Crippen LogP contribution >= 0.6 is 22.6 Å². The van der Waals surface area contributed by atoms with Gasteiger partial charge in [-0.25, -0.2) is 0 Å². The standard InChI is InChI=1S/C2H4INO/c3-1-2(4)5/h1H2,(H2,4,5)/i2+2. The van der Waals surface area contributed by atoms with Gasteiger partial charge in [-0.15, -0.1) is 0 Å². The molecule has 0 unspecified atom stereocenters. The van der Waals surface area contributed by atoms with E-state index in [1.807, 2.05) is 22.6 Å². The van der Waals surface area contributed by atoms with Gasteiger partial charge in [0, 0.05) is 0 Å². The van der Waals surface area contributed by atoms with Crippen molar-refractivity contribution >= 4 is 28.5 Å². The highest BCUT2D eigenvalue weighted by molar-refractivity contribution is 14.1. The van der Waals surface area contributed by atoms with Crippen LogP contribution < -0.4 is 5.73 Å². The molecule has 0 heterocycles. The fourth-order valence-electron chi connectivity index (χ4n) is 0. The molecule has 0 atom stereocenters. The second-order valence-corrected chi connectivity index (χ2v) is 1.36. The molecule has 0 spiro atoms. The molecule has 1 amide bonds. The SMILES string of the molecule is N[14C](=O)CI. The van der Waals surface area contributed by atoms with E-state index in [0.29, 0.717) is 4.43 Å². The van der Waals surface area contributed by atoms with E-state index in [2.05, 4.69) is 5.73 Å². The second-order valence-electron chi connectivity index (χ2n) is 0.600. The highest BCUT2D eigenvalue weighted by atomic mass is 127. The van der Waals surface area contributed by atoms with Crippen LogP contribution in [0.2, 0.25) is 0 Å². The minimum atomic E-state index is -0.259. The number of primary amides is 1. The van der Waals surface area contributed by atoms with Crippen LogP contribution in [0, 0.1) is 0 Å². The van der Waals surface area contributed by atoms with Crippen LogP contribution in [-0.2, 0) is 4.79 Å². The van der Waals surface area contributed by atoms with Crippen molar-refractivity contribution in [2.24, 2.45) is 5.73 Å². The number of carbonyl (C=O) groups is 1. The first-order chi connectivity index (χ1) is 2.27. The molecule has 0 aromatic heterocycles. The predicted octanol–water partition coefficient (Wildman–Crippen LogP) is -0.0933. The van der Waals surface area contributed by atoms with Gasteiger partial charge in [0.15, 0.2) is 0 Å². The van der Waals surface area contributed by atoms with Gasteiger partial charge in [-0.05, 0) is 0 Å². The van der Waals surface area contributed by atoms with Crippen molar-refractivity contribution in [1.29, 1.82) is 0 Å². The van der Waals surface area contributed by atoms with Crippen molar-refractivity contribution in [1.82, 2.24) is 0 Å². The van der Waals surface area contributed by atoms with Gasteiger partial charge < -0.3 is 5.73 Å². The van der Waals surface area contributed by atoms with Gasteiger partial charge in [-0.2, -0.15) is 0 Å². The molecule has 0 aliphatic rings. The molecular weight excluding hydrogens is 183 g/mol. The van der Waals surface area contributed by atoms with Crippen LogP contribution in [0.4, 0.5) is 0 Å². The lowest BCUT2D eigenvalue weighted by Gasteiger charge is -1.71. The fraction of sp³-hybridized carbons (Fsp3) is 0.500. The van der Waals surface area contributed by atoms with Gasteiger partial charge in [0.1, 0.15) is 0 Å². The summed E-state index contributed by atoms with van der Waals surface area (Å²) < 4.78 is 0.414. The third-order valence-corrected chi connectivity index (χ3v) is 0.884. The molecule has 0 fully saturated rings. The maximum absolute atomic E-state index is 9.58. The van der Waals surface area contributed by atoms with Gasteiger partial charge in [-0.1, -0.05) is 22.6 Å². The van der Waals surface area contributed by atoms with E-state index in [1.165, 1.54) is 0 Å². The lowest BCUT2D eigenvalue weighted by atomic mass is 11.5. The first-order valence-electron chi connectivity index (χ1n) is 1.11. The number of rotatable bonds is 1. The smallest absolute Gasteiger partial charge is 0.227 e. The lowest BCUT2D eigenvalue weighted by molar-refractivity contribution is -0.115. The van der Waals surface area contributed by atoms with Crippen molar-refractivity contribution in [2.45, 2.75) is 0 Å². The largest absolute Gasteiger partial charge is 0.369 e. The van der Waals surface area contributed by atoms with Crippen molar-refractivity contribution in [2.75, 3.05) is 4.43 Å². The molecule has 0 saturated carbocycles. The maximum atomic E-state index is 9.58. The van der Waals surface area contributed by atoms with Crippen molar-refractivity contribution < 1.29 is 4.79 Å². The van der Waals surface area contributed by atoms with E-state index in [0.717, 1.165) is 0 Å². The Bertz CT molecular complexity index is 44.9. The zero-order valence-electron chi connectivity index (χ0n) is 2.57. The molecule has 5 heavy (non-hydrogen) atoms. The van der Waals surface area contributed by atoms with Gasteiger partial charge >= 0.3 is 0 Å². The molecule has 0 aromatic carbocycles. The summed E-state index contributed by atoms with van der Waals surface area (Å²) in [5, 5.41) is 0. The van der Waals surface area contributed by atoms with Crippen molar-refractivity contribution in [3.8, 4) is 0 Å². The summed E-state index contributed by atoms with van der Waals surface area (Å²) in [4.78, 5) is 9.58. The molecule has 30 valence electrons. The van der Waals surface area contributed by atoms with Crippen molar-refractivity contribution in [3.05, 3.63) is 0 Å². The summed E-state index contributed by atoms with van der Waals surface area (Å²) in [5.74, 6) is -0.259. The summed E-state index contributed by atoms with van der Waals surface area (Å²) in [6.45, 7) is 0. The third-order valence-electron chi connectivity index (χ3n) is 0.132. The normalized spacial score (nSPS) is 7.40. The monoisotopic (exact) mass is 187 g/mol. The molecule has 0 aliphatic heterocycles. The van der Waals surface area contributed by atoms with E-state index in [-0.39, 0.29) is 5.91 Å². The number of nitrogens with two attached hydrogens (primary N) is 1. The molecule has 2 N–H and O–H groups in total. The number of hydrogen-bond acceptors (Lipinski definition) is 1. The topological polar surface area (TPSA) is 43.1 Å². The summed E-state index contributed by atoms with van der Waals surface area (Å²) in [6, 6.07) is 0. The van der Waals surface area contributed by atoms with E-state index in [4.69, 9.17) is 0 Å². The van der Waals surface area contributed by atoms with Crippen molar-refractivity contribution in [3.63, 3.8) is 0 Å². The zero-order valence-corrected chi connectivity index (χ0v) is 4.73. The van der Waals surface area contributed by atoms with Crippen LogP contribution in [0.25, 0.3) is 0 Å². The quantitative estimate of drug-likeness (QED) is 0.452. The van der Waals surface area contributed by atoms with Gasteiger partial charge in [-0.3, -0.25) is 4.79 Å². The highest BCUT2D eigenvalue weighted by Crippen LogP contribution is 1.72. The zero-order chi connectivity index (χ0) is 4.28. The van der Waals surface area contributed by atoms with Crippen LogP contribution in [0.15, 0.2) is 0 Å². The second kappa shape index (κ2) is 2.44. The lowest BCUT2D eigenvalue weighted by Crippen LogP contribution is -2.10. The van der Waals surface area contributed by atoms with Crippen LogP contribution in [-0.4, -0.2) is 10.3 Å². The van der Waals surface area contributed by atoms with Crippen LogP contribution in [0.5, 0.6) is 0 Å². The Morgan fingerprint density at radius 1 is 2.00 bits per heavy atom. The molecule has 0 bridgehead atoms. The fourth-order valence-corrected chi connectivity index (χ4v) is 0. The van der Waals surface area contributed by atoms with E-state index in [1.54, 1.807) is 0 Å². The third kappa shape index (κ3) is 4.20. The van der Waals surface area contributed by atoms with Gasteiger partial charge in [0.25, 0.3) is 0 Å². The Hall–Kier alpha value is 0.200. The summed E-state index contributed by atoms with van der Waals surface area (Å²) in [7, 11) is 0. The van der Waals surface area contributed by atoms with E-state index < -0.39 is 0 Å². The molecule has 0 aliphatic carbocycles. The minimum absolute atomic E-state index is 0.259. The number of alkyl halides is 1. The summed E-state index contributed by atoms with van der Waals surface area (Å²) >= 11 is 1.90. The number of hydrogen-bond donors (Lipinski definition) is 1. The Kier molecular flexibility index (Phi) is 2.54. The molecule has 0 aromatic rings. The Morgan fingerprint density at radius 3 is 2.20 bits per heavy atom. The number of amides is 1. The first kappa shape index (κ1) is 5.20. The molecule has 0 rings (SSSR count). The summed E-state index contributed by atoms with van der Waals surface area (Å²) in [6.07, 6.45) is 0. The summed E-state index contributed by atoms with van der Waals surface area (Å²) in [5.41, 5.74) is 4.65. The Balaban J connectivity index is 2.85. The van der Waals surface area contributed by atoms with E-state index in [9.17, 15) is 4.79 Å². The van der Waals surface area contributed by atoms with E-state index >= 15 is 0 Å². The maximum Gasteiger partial charge on any atom is 0.227 e. The molecule has 3 heteroatoms. The molecule has 2 nitrogen and oxygen atoms in total. The molecule has 0 saturated heterocycles. The first-order valence-corrected chi connectivity index (χ1v) is 2.64. The minimum Gasteiger partial charge on any atom is -0.369 e.